The Hall–Kier alpha value is -2.83. The molecule has 2 aromatic rings. The van der Waals surface area contributed by atoms with Crippen molar-refractivity contribution in [2.24, 2.45) is 0 Å². The molecule has 1 aromatic heterocycles. The first-order valence-corrected chi connectivity index (χ1v) is 5.81. The lowest BCUT2D eigenvalue weighted by Crippen LogP contribution is -2.41. The molecule has 1 heterocycles. The molecule has 0 fully saturated rings. The van der Waals surface area contributed by atoms with Crippen molar-refractivity contribution in [3.63, 3.8) is 0 Å². The van der Waals surface area contributed by atoms with Crippen molar-refractivity contribution in [1.29, 1.82) is 0 Å². The predicted octanol–water partition coefficient (Wildman–Crippen LogP) is 1.07. The van der Waals surface area contributed by atoms with Gasteiger partial charge in [0.1, 0.15) is 17.1 Å². The first kappa shape index (κ1) is 13.6. The highest BCUT2D eigenvalue weighted by atomic mass is 16.5. The summed E-state index contributed by atoms with van der Waals surface area (Å²) in [5.41, 5.74) is 5.46. The van der Waals surface area contributed by atoms with Gasteiger partial charge in [-0.05, 0) is 32.0 Å². The molecule has 20 heavy (non-hydrogen) atoms. The van der Waals surface area contributed by atoms with Crippen LogP contribution in [-0.2, 0) is 0 Å². The van der Waals surface area contributed by atoms with Crippen LogP contribution in [0.2, 0.25) is 0 Å². The molecule has 2 rings (SSSR count). The van der Waals surface area contributed by atoms with E-state index in [0.717, 1.165) is 0 Å². The maximum Gasteiger partial charge on any atom is 0.275 e. The normalized spacial score (nSPS) is 10.1. The number of hydrogen-bond donors (Lipinski definition) is 3. The lowest BCUT2D eigenvalue weighted by atomic mass is 10.2. The SMILES string of the molecule is Cc1noc(C)c1C(=O)NNC(=O)c1cccc(O)c1. The van der Waals surface area contributed by atoms with E-state index >= 15 is 0 Å². The Labute approximate surface area is 114 Å². The molecule has 0 atom stereocenters. The van der Waals surface area contributed by atoms with Crippen LogP contribution in [0.3, 0.4) is 0 Å². The molecule has 1 aromatic carbocycles. The number of amides is 2. The van der Waals surface area contributed by atoms with Crippen LogP contribution >= 0.6 is 0 Å². The third-order valence-electron chi connectivity index (χ3n) is 2.66. The molecule has 0 aliphatic rings. The summed E-state index contributed by atoms with van der Waals surface area (Å²) in [6.45, 7) is 3.23. The molecule has 0 aliphatic carbocycles. The fourth-order valence-corrected chi connectivity index (χ4v) is 1.70. The number of aromatic nitrogens is 1. The zero-order valence-corrected chi connectivity index (χ0v) is 10.9. The third-order valence-corrected chi connectivity index (χ3v) is 2.66. The van der Waals surface area contributed by atoms with Crippen molar-refractivity contribution in [1.82, 2.24) is 16.0 Å². The Kier molecular flexibility index (Phi) is 3.69. The second kappa shape index (κ2) is 5.43. The zero-order chi connectivity index (χ0) is 14.7. The predicted molar refractivity (Wildman–Crippen MR) is 69.0 cm³/mol. The van der Waals surface area contributed by atoms with Crippen molar-refractivity contribution in [2.75, 3.05) is 0 Å². The van der Waals surface area contributed by atoms with Crippen LogP contribution in [0, 0.1) is 13.8 Å². The van der Waals surface area contributed by atoms with E-state index < -0.39 is 11.8 Å². The Balaban J connectivity index is 2.02. The molecule has 7 heteroatoms. The smallest absolute Gasteiger partial charge is 0.275 e. The van der Waals surface area contributed by atoms with Gasteiger partial charge < -0.3 is 9.63 Å². The lowest BCUT2D eigenvalue weighted by Gasteiger charge is -2.07. The van der Waals surface area contributed by atoms with Gasteiger partial charge in [0.05, 0.1) is 5.69 Å². The standard InChI is InChI=1S/C13H13N3O4/c1-7-11(8(2)20-16-7)13(19)15-14-12(18)9-4-3-5-10(17)6-9/h3-6,17H,1-2H3,(H,14,18)(H,15,19). The summed E-state index contributed by atoms with van der Waals surface area (Å²) in [4.78, 5) is 23.6. The zero-order valence-electron chi connectivity index (χ0n) is 10.9. The summed E-state index contributed by atoms with van der Waals surface area (Å²) in [5, 5.41) is 12.9. The van der Waals surface area contributed by atoms with Crippen LogP contribution in [0.5, 0.6) is 5.75 Å². The van der Waals surface area contributed by atoms with Gasteiger partial charge in [-0.25, -0.2) is 0 Å². The molecular weight excluding hydrogens is 262 g/mol. The highest BCUT2D eigenvalue weighted by molar-refractivity contribution is 6.00. The molecule has 0 saturated heterocycles. The average Bonchev–Trinajstić information content (AvgIpc) is 2.75. The number of rotatable bonds is 2. The van der Waals surface area contributed by atoms with Gasteiger partial charge in [-0.15, -0.1) is 0 Å². The fraction of sp³-hybridized carbons (Fsp3) is 0.154. The Morgan fingerprint density at radius 2 is 1.90 bits per heavy atom. The molecule has 0 bridgehead atoms. The monoisotopic (exact) mass is 275 g/mol. The minimum Gasteiger partial charge on any atom is -0.508 e. The second-order valence-electron chi connectivity index (χ2n) is 4.16. The van der Waals surface area contributed by atoms with Crippen molar-refractivity contribution in [2.45, 2.75) is 13.8 Å². The van der Waals surface area contributed by atoms with Gasteiger partial charge in [0.2, 0.25) is 0 Å². The number of nitrogens with zero attached hydrogens (tertiary/aromatic N) is 1. The molecule has 2 amide bonds. The third kappa shape index (κ3) is 2.77. The van der Waals surface area contributed by atoms with E-state index in [-0.39, 0.29) is 16.9 Å². The minimum atomic E-state index is -0.541. The minimum absolute atomic E-state index is 0.0327. The lowest BCUT2D eigenvalue weighted by molar-refractivity contribution is 0.0845. The molecule has 104 valence electrons. The maximum atomic E-state index is 11.9. The number of hydrazine groups is 1. The molecule has 3 N–H and O–H groups in total. The van der Waals surface area contributed by atoms with Gasteiger partial charge in [0.15, 0.2) is 0 Å². The van der Waals surface area contributed by atoms with Gasteiger partial charge in [0, 0.05) is 5.56 Å². The van der Waals surface area contributed by atoms with Crippen LogP contribution in [0.15, 0.2) is 28.8 Å². The first-order chi connectivity index (χ1) is 9.49. The van der Waals surface area contributed by atoms with Crippen molar-refractivity contribution >= 4 is 11.8 Å². The summed E-state index contributed by atoms with van der Waals surface area (Å²) in [7, 11) is 0. The number of carbonyl (C=O) groups is 2. The summed E-state index contributed by atoms with van der Waals surface area (Å²) >= 11 is 0. The Morgan fingerprint density at radius 3 is 2.50 bits per heavy atom. The van der Waals surface area contributed by atoms with Gasteiger partial charge in [-0.1, -0.05) is 11.2 Å². The summed E-state index contributed by atoms with van der Waals surface area (Å²) in [6, 6.07) is 5.77. The highest BCUT2D eigenvalue weighted by Gasteiger charge is 2.18. The fourth-order valence-electron chi connectivity index (χ4n) is 1.70. The number of aryl methyl sites for hydroxylation is 2. The van der Waals surface area contributed by atoms with Crippen LogP contribution in [0.4, 0.5) is 0 Å². The number of benzene rings is 1. The number of phenols is 1. The highest BCUT2D eigenvalue weighted by Crippen LogP contribution is 2.12. The number of nitrogens with one attached hydrogen (secondary N) is 2. The van der Waals surface area contributed by atoms with E-state index in [4.69, 9.17) is 4.52 Å². The van der Waals surface area contributed by atoms with Gasteiger partial charge in [-0.2, -0.15) is 0 Å². The summed E-state index contributed by atoms with van der Waals surface area (Å²) in [6.07, 6.45) is 0. The van der Waals surface area contributed by atoms with E-state index in [1.54, 1.807) is 13.8 Å². The molecule has 0 radical (unpaired) electrons. The number of phenolic OH excluding ortho intramolecular Hbond substituents is 1. The van der Waals surface area contributed by atoms with Crippen molar-refractivity contribution < 1.29 is 19.2 Å². The number of carbonyl (C=O) groups excluding carboxylic acids is 2. The topological polar surface area (TPSA) is 104 Å². The van der Waals surface area contributed by atoms with Crippen molar-refractivity contribution in [3.8, 4) is 5.75 Å². The van der Waals surface area contributed by atoms with Gasteiger partial charge in [0.25, 0.3) is 11.8 Å². The largest absolute Gasteiger partial charge is 0.508 e. The van der Waals surface area contributed by atoms with E-state index in [0.29, 0.717) is 11.5 Å². The van der Waals surface area contributed by atoms with Gasteiger partial charge >= 0.3 is 0 Å². The summed E-state index contributed by atoms with van der Waals surface area (Å²) < 4.78 is 4.87. The molecule has 0 spiro atoms. The van der Waals surface area contributed by atoms with Gasteiger partial charge in [-0.3, -0.25) is 20.4 Å². The quantitative estimate of drug-likeness (QED) is 0.711. The Bertz CT molecular complexity index is 644. The molecule has 0 saturated carbocycles. The first-order valence-electron chi connectivity index (χ1n) is 5.81. The molecular formula is C13H13N3O4. The Morgan fingerprint density at radius 1 is 1.20 bits per heavy atom. The van der Waals surface area contributed by atoms with E-state index in [1.165, 1.54) is 24.3 Å². The molecule has 7 nitrogen and oxygen atoms in total. The summed E-state index contributed by atoms with van der Waals surface area (Å²) in [5.74, 6) is -0.725. The maximum absolute atomic E-state index is 11.9. The number of hydrogen-bond acceptors (Lipinski definition) is 5. The van der Waals surface area contributed by atoms with E-state index in [9.17, 15) is 14.7 Å². The molecule has 0 aliphatic heterocycles. The van der Waals surface area contributed by atoms with Crippen LogP contribution in [-0.4, -0.2) is 22.1 Å². The van der Waals surface area contributed by atoms with E-state index in [2.05, 4.69) is 16.0 Å². The average molecular weight is 275 g/mol. The second-order valence-corrected chi connectivity index (χ2v) is 4.16. The number of aromatic hydroxyl groups is 1. The van der Waals surface area contributed by atoms with Crippen LogP contribution < -0.4 is 10.9 Å². The van der Waals surface area contributed by atoms with Crippen molar-refractivity contribution in [3.05, 3.63) is 46.8 Å². The van der Waals surface area contributed by atoms with Crippen LogP contribution in [0.1, 0.15) is 32.2 Å². The molecule has 0 unspecified atom stereocenters. The van der Waals surface area contributed by atoms with E-state index in [1.807, 2.05) is 0 Å². The van der Waals surface area contributed by atoms with Crippen LogP contribution in [0.25, 0.3) is 0 Å².